The molecule has 0 fully saturated rings. The van der Waals surface area contributed by atoms with E-state index in [1.165, 1.54) is 6.07 Å². The molecule has 0 aliphatic rings. The molecule has 0 aliphatic heterocycles. The van der Waals surface area contributed by atoms with Gasteiger partial charge >= 0.3 is 0 Å². The van der Waals surface area contributed by atoms with Crippen LogP contribution in [-0.4, -0.2) is 15.0 Å². The Hall–Kier alpha value is -1.72. The van der Waals surface area contributed by atoms with Gasteiger partial charge in [0.15, 0.2) is 0 Å². The molecule has 0 amide bonds. The van der Waals surface area contributed by atoms with Gasteiger partial charge in [-0.15, -0.1) is 0 Å². The highest BCUT2D eigenvalue weighted by atomic mass is 35.5. The van der Waals surface area contributed by atoms with Gasteiger partial charge in [0.2, 0.25) is 0 Å². The Morgan fingerprint density at radius 1 is 1.00 bits per heavy atom. The van der Waals surface area contributed by atoms with Crippen molar-refractivity contribution in [2.45, 2.75) is 25.2 Å². The molecule has 0 unspecified atom stereocenters. The van der Waals surface area contributed by atoms with Crippen LogP contribution in [0.4, 0.5) is 11.4 Å². The molecule has 0 bridgehead atoms. The summed E-state index contributed by atoms with van der Waals surface area (Å²) in [5.74, 6) is 0.643. The van der Waals surface area contributed by atoms with E-state index < -0.39 is 10.0 Å². The first-order valence-electron chi connectivity index (χ1n) is 7.50. The van der Waals surface area contributed by atoms with Gasteiger partial charge in [0.1, 0.15) is 4.90 Å². The zero-order valence-corrected chi connectivity index (χ0v) is 14.8. The molecule has 0 atom stereocenters. The fraction of sp³-hybridized carbons (Fsp3) is 0.294. The summed E-state index contributed by atoms with van der Waals surface area (Å²) in [6.07, 6.45) is 1.08. The van der Waals surface area contributed by atoms with E-state index in [0.717, 1.165) is 18.7 Å². The second-order valence-corrected chi connectivity index (χ2v) is 7.78. The van der Waals surface area contributed by atoms with E-state index in [2.05, 4.69) is 23.9 Å². The molecule has 0 aromatic heterocycles. The van der Waals surface area contributed by atoms with Gasteiger partial charge in [-0.25, -0.2) is 8.42 Å². The summed E-state index contributed by atoms with van der Waals surface area (Å²) in [5, 5.41) is 3.51. The zero-order chi connectivity index (χ0) is 16.9. The van der Waals surface area contributed by atoms with Crippen molar-refractivity contribution in [3.8, 4) is 0 Å². The van der Waals surface area contributed by atoms with E-state index in [4.69, 9.17) is 11.6 Å². The molecular weight excluding hydrogens is 332 g/mol. The van der Waals surface area contributed by atoms with Crippen LogP contribution in [0.5, 0.6) is 0 Å². The first-order valence-corrected chi connectivity index (χ1v) is 9.36. The lowest BCUT2D eigenvalue weighted by Crippen LogP contribution is -2.13. The molecule has 2 aromatic rings. The number of halogens is 1. The summed E-state index contributed by atoms with van der Waals surface area (Å²) in [4.78, 5) is 0.0702. The molecule has 2 rings (SSSR count). The SMILES string of the molecule is CC(C)CCNc1ccc(NS(=O)(=O)c2ccccc2Cl)cc1. The zero-order valence-electron chi connectivity index (χ0n) is 13.2. The molecule has 0 radical (unpaired) electrons. The van der Waals surface area contributed by atoms with Crippen molar-refractivity contribution in [2.75, 3.05) is 16.6 Å². The highest BCUT2D eigenvalue weighted by molar-refractivity contribution is 7.92. The number of benzene rings is 2. The van der Waals surface area contributed by atoms with Crippen LogP contribution in [0.2, 0.25) is 5.02 Å². The van der Waals surface area contributed by atoms with E-state index in [9.17, 15) is 8.42 Å². The maximum absolute atomic E-state index is 12.3. The van der Waals surface area contributed by atoms with Crippen molar-refractivity contribution < 1.29 is 8.42 Å². The third-order valence-electron chi connectivity index (χ3n) is 3.31. The van der Waals surface area contributed by atoms with E-state index in [1.807, 2.05) is 12.1 Å². The quantitative estimate of drug-likeness (QED) is 0.765. The number of rotatable bonds is 7. The third-order valence-corrected chi connectivity index (χ3v) is 5.20. The highest BCUT2D eigenvalue weighted by Crippen LogP contribution is 2.24. The van der Waals surface area contributed by atoms with E-state index in [1.54, 1.807) is 30.3 Å². The molecule has 0 aliphatic carbocycles. The fourth-order valence-electron chi connectivity index (χ4n) is 2.03. The molecule has 0 spiro atoms. The molecule has 6 heteroatoms. The van der Waals surface area contributed by atoms with Gasteiger partial charge in [-0.05, 0) is 48.7 Å². The minimum absolute atomic E-state index is 0.0702. The Labute approximate surface area is 142 Å². The number of hydrogen-bond donors (Lipinski definition) is 2. The lowest BCUT2D eigenvalue weighted by molar-refractivity contribution is 0.601. The molecule has 4 nitrogen and oxygen atoms in total. The first kappa shape index (κ1) is 17.6. The molecule has 23 heavy (non-hydrogen) atoms. The van der Waals surface area contributed by atoms with Gasteiger partial charge in [0, 0.05) is 17.9 Å². The van der Waals surface area contributed by atoms with Crippen LogP contribution in [0.3, 0.4) is 0 Å². The minimum atomic E-state index is -3.69. The molecule has 124 valence electrons. The summed E-state index contributed by atoms with van der Waals surface area (Å²) in [7, 11) is -3.69. The van der Waals surface area contributed by atoms with Crippen LogP contribution >= 0.6 is 11.6 Å². The monoisotopic (exact) mass is 352 g/mol. The summed E-state index contributed by atoms with van der Waals surface area (Å²) in [6, 6.07) is 13.5. The average Bonchev–Trinajstić information content (AvgIpc) is 2.48. The van der Waals surface area contributed by atoms with E-state index in [-0.39, 0.29) is 9.92 Å². The lowest BCUT2D eigenvalue weighted by Gasteiger charge is -2.11. The van der Waals surface area contributed by atoms with Crippen molar-refractivity contribution in [2.24, 2.45) is 5.92 Å². The predicted octanol–water partition coefficient (Wildman–Crippen LogP) is 4.60. The van der Waals surface area contributed by atoms with Crippen LogP contribution in [0.1, 0.15) is 20.3 Å². The van der Waals surface area contributed by atoms with Crippen molar-refractivity contribution in [3.63, 3.8) is 0 Å². The lowest BCUT2D eigenvalue weighted by atomic mass is 10.1. The standard InChI is InChI=1S/C17H21ClN2O2S/c1-13(2)11-12-19-14-7-9-15(10-8-14)20-23(21,22)17-6-4-3-5-16(17)18/h3-10,13,19-20H,11-12H2,1-2H3. The molecular formula is C17H21ClN2O2S. The first-order chi connectivity index (χ1) is 10.9. The van der Waals surface area contributed by atoms with Crippen LogP contribution in [-0.2, 0) is 10.0 Å². The molecule has 0 saturated heterocycles. The van der Waals surface area contributed by atoms with E-state index in [0.29, 0.717) is 11.6 Å². The summed E-state index contributed by atoms with van der Waals surface area (Å²) < 4.78 is 27.2. The average molecular weight is 353 g/mol. The van der Waals surface area contributed by atoms with Gasteiger partial charge < -0.3 is 5.32 Å². The number of nitrogens with one attached hydrogen (secondary N) is 2. The maximum Gasteiger partial charge on any atom is 0.263 e. The molecule has 0 heterocycles. The van der Waals surface area contributed by atoms with Gasteiger partial charge in [-0.2, -0.15) is 0 Å². The van der Waals surface area contributed by atoms with Crippen molar-refractivity contribution >= 4 is 33.0 Å². The smallest absolute Gasteiger partial charge is 0.263 e. The normalized spacial score (nSPS) is 11.5. The minimum Gasteiger partial charge on any atom is -0.385 e. The van der Waals surface area contributed by atoms with Crippen molar-refractivity contribution in [1.29, 1.82) is 0 Å². The molecule has 2 aromatic carbocycles. The Morgan fingerprint density at radius 2 is 1.61 bits per heavy atom. The highest BCUT2D eigenvalue weighted by Gasteiger charge is 2.17. The van der Waals surface area contributed by atoms with Crippen molar-refractivity contribution in [1.82, 2.24) is 0 Å². The summed E-state index contributed by atoms with van der Waals surface area (Å²) >= 11 is 5.95. The fourth-order valence-corrected chi connectivity index (χ4v) is 3.61. The Kier molecular flexibility index (Phi) is 5.91. The van der Waals surface area contributed by atoms with Gasteiger partial charge in [0.05, 0.1) is 5.02 Å². The second-order valence-electron chi connectivity index (χ2n) is 5.72. The van der Waals surface area contributed by atoms with Gasteiger partial charge in [-0.3, -0.25) is 4.72 Å². The third kappa shape index (κ3) is 5.15. The molecule has 2 N–H and O–H groups in total. The summed E-state index contributed by atoms with van der Waals surface area (Å²) in [6.45, 7) is 5.24. The van der Waals surface area contributed by atoms with Crippen LogP contribution in [0.15, 0.2) is 53.4 Å². The van der Waals surface area contributed by atoms with Crippen LogP contribution in [0, 0.1) is 5.92 Å². The topological polar surface area (TPSA) is 58.2 Å². The maximum atomic E-state index is 12.3. The van der Waals surface area contributed by atoms with Crippen molar-refractivity contribution in [3.05, 3.63) is 53.6 Å². The molecule has 0 saturated carbocycles. The summed E-state index contributed by atoms with van der Waals surface area (Å²) in [5.41, 5.74) is 1.46. The Balaban J connectivity index is 2.04. The van der Waals surface area contributed by atoms with Gasteiger partial charge in [0.25, 0.3) is 10.0 Å². The largest absolute Gasteiger partial charge is 0.385 e. The van der Waals surface area contributed by atoms with Gasteiger partial charge in [-0.1, -0.05) is 37.6 Å². The van der Waals surface area contributed by atoms with E-state index >= 15 is 0 Å². The van der Waals surface area contributed by atoms with Crippen LogP contribution in [0.25, 0.3) is 0 Å². The second kappa shape index (κ2) is 7.70. The van der Waals surface area contributed by atoms with Crippen LogP contribution < -0.4 is 10.0 Å². The number of sulfonamides is 1. The number of hydrogen-bond acceptors (Lipinski definition) is 3. The Bertz CT molecular complexity index is 743. The Morgan fingerprint density at radius 3 is 2.22 bits per heavy atom. The number of anilines is 2. The predicted molar refractivity (Wildman–Crippen MR) is 96.6 cm³/mol.